The van der Waals surface area contributed by atoms with Gasteiger partial charge in [0.25, 0.3) is 0 Å². The molecule has 5 heteroatoms. The number of H-pyrrole nitrogens is 1. The maximum atomic E-state index is 6.16. The van der Waals surface area contributed by atoms with E-state index in [1.807, 2.05) is 30.3 Å². The van der Waals surface area contributed by atoms with Gasteiger partial charge in [0.1, 0.15) is 0 Å². The lowest BCUT2D eigenvalue weighted by atomic mass is 9.91. The van der Waals surface area contributed by atoms with E-state index < -0.39 is 0 Å². The fraction of sp³-hybridized carbons (Fsp3) is 0.222. The maximum Gasteiger partial charge on any atom is 0.0612 e. The summed E-state index contributed by atoms with van der Waals surface area (Å²) in [5.74, 6) is 0. The second-order valence-electron chi connectivity index (χ2n) is 5.98. The van der Waals surface area contributed by atoms with Crippen LogP contribution < -0.4 is 5.32 Å². The summed E-state index contributed by atoms with van der Waals surface area (Å²) in [5.41, 5.74) is 4.86. The molecule has 2 nitrogen and oxygen atoms in total. The number of aryl methyl sites for hydroxylation is 1. The zero-order valence-corrected chi connectivity index (χ0v) is 14.6. The zero-order chi connectivity index (χ0) is 16.0. The van der Waals surface area contributed by atoms with Crippen LogP contribution in [0, 0.1) is 0 Å². The maximum absolute atomic E-state index is 6.16. The first-order valence-corrected chi connectivity index (χ1v) is 8.74. The van der Waals surface area contributed by atoms with E-state index in [0.717, 1.165) is 35.5 Å². The quantitative estimate of drug-likeness (QED) is 0.564. The van der Waals surface area contributed by atoms with Gasteiger partial charge in [0, 0.05) is 33.3 Å². The number of fused-ring (bicyclic) bond motifs is 3. The van der Waals surface area contributed by atoms with Gasteiger partial charge in [-0.1, -0.05) is 34.8 Å². The molecule has 2 N–H and O–H groups in total. The molecular weight excluding hydrogens is 351 g/mol. The number of rotatable bonds is 2. The third kappa shape index (κ3) is 2.91. The molecule has 0 aliphatic heterocycles. The average molecular weight is 366 g/mol. The molecule has 0 fully saturated rings. The highest BCUT2D eigenvalue weighted by atomic mass is 35.5. The lowest BCUT2D eigenvalue weighted by molar-refractivity contribution is 0.607. The summed E-state index contributed by atoms with van der Waals surface area (Å²) in [6.45, 7) is 0. The van der Waals surface area contributed by atoms with Crippen LogP contribution in [0.4, 0.5) is 5.69 Å². The molecule has 118 valence electrons. The second-order valence-corrected chi connectivity index (χ2v) is 7.24. The predicted molar refractivity (Wildman–Crippen MR) is 99.2 cm³/mol. The van der Waals surface area contributed by atoms with Gasteiger partial charge in [-0.05, 0) is 61.2 Å². The predicted octanol–water partition coefficient (Wildman–Crippen LogP) is 6.10. The highest BCUT2D eigenvalue weighted by molar-refractivity contribution is 6.42. The number of hydrogen-bond acceptors (Lipinski definition) is 1. The van der Waals surface area contributed by atoms with Crippen molar-refractivity contribution in [3.8, 4) is 0 Å². The molecule has 1 aliphatic carbocycles. The molecule has 23 heavy (non-hydrogen) atoms. The van der Waals surface area contributed by atoms with Crippen LogP contribution in [-0.2, 0) is 12.8 Å². The van der Waals surface area contributed by atoms with Gasteiger partial charge < -0.3 is 10.3 Å². The van der Waals surface area contributed by atoms with Crippen molar-refractivity contribution < 1.29 is 0 Å². The summed E-state index contributed by atoms with van der Waals surface area (Å²) < 4.78 is 0. The summed E-state index contributed by atoms with van der Waals surface area (Å²) in [4.78, 5) is 3.52. The monoisotopic (exact) mass is 364 g/mol. The Labute approximate surface area is 149 Å². The highest BCUT2D eigenvalue weighted by Gasteiger charge is 2.22. The molecule has 0 saturated carbocycles. The van der Waals surface area contributed by atoms with Crippen LogP contribution in [0.3, 0.4) is 0 Å². The van der Waals surface area contributed by atoms with Crippen LogP contribution in [0.25, 0.3) is 10.9 Å². The van der Waals surface area contributed by atoms with Crippen LogP contribution in [0.5, 0.6) is 0 Å². The Kier molecular flexibility index (Phi) is 3.92. The smallest absolute Gasteiger partial charge is 0.0612 e. The summed E-state index contributed by atoms with van der Waals surface area (Å²) >= 11 is 18.2. The lowest BCUT2D eigenvalue weighted by Gasteiger charge is -2.25. The third-order valence-electron chi connectivity index (χ3n) is 4.44. The number of aromatic amines is 1. The number of anilines is 1. The Morgan fingerprint density at radius 2 is 1.87 bits per heavy atom. The van der Waals surface area contributed by atoms with Crippen molar-refractivity contribution in [1.82, 2.24) is 4.98 Å². The molecule has 1 aromatic heterocycles. The lowest BCUT2D eigenvalue weighted by Crippen LogP contribution is -2.27. The molecule has 1 atom stereocenters. The van der Waals surface area contributed by atoms with Crippen molar-refractivity contribution in [3.63, 3.8) is 0 Å². The summed E-state index contributed by atoms with van der Waals surface area (Å²) in [6.07, 6.45) is 3.07. The largest absolute Gasteiger partial charge is 0.382 e. The molecule has 0 bridgehead atoms. The van der Waals surface area contributed by atoms with Crippen LogP contribution in [-0.4, -0.2) is 11.0 Å². The van der Waals surface area contributed by atoms with Gasteiger partial charge in [0.15, 0.2) is 0 Å². The van der Waals surface area contributed by atoms with Crippen molar-refractivity contribution in [3.05, 3.63) is 62.7 Å². The first kappa shape index (κ1) is 15.2. The average Bonchev–Trinajstić information content (AvgIpc) is 2.88. The number of halogens is 3. The molecule has 0 spiro atoms. The number of benzene rings is 2. The number of aromatic nitrogens is 1. The van der Waals surface area contributed by atoms with Gasteiger partial charge in [-0.2, -0.15) is 0 Å². The molecule has 3 aromatic rings. The molecule has 0 radical (unpaired) electrons. The molecule has 1 aliphatic rings. The van der Waals surface area contributed by atoms with Crippen molar-refractivity contribution in [2.75, 3.05) is 5.32 Å². The summed E-state index contributed by atoms with van der Waals surface area (Å²) in [5, 5.41) is 6.73. The number of hydrogen-bond donors (Lipinski definition) is 2. The fourth-order valence-corrected chi connectivity index (χ4v) is 3.80. The summed E-state index contributed by atoms with van der Waals surface area (Å²) in [7, 11) is 0. The van der Waals surface area contributed by atoms with Gasteiger partial charge in [-0.15, -0.1) is 0 Å². The van der Waals surface area contributed by atoms with Gasteiger partial charge in [0.2, 0.25) is 0 Å². The fourth-order valence-electron chi connectivity index (χ4n) is 3.33. The van der Waals surface area contributed by atoms with E-state index in [1.165, 1.54) is 16.6 Å². The normalized spacial score (nSPS) is 17.3. The van der Waals surface area contributed by atoms with Gasteiger partial charge in [-0.3, -0.25) is 0 Å². The van der Waals surface area contributed by atoms with E-state index in [9.17, 15) is 0 Å². The molecular formula is C18H15Cl3N2. The first-order valence-electron chi connectivity index (χ1n) is 7.61. The molecule has 4 rings (SSSR count). The minimum atomic E-state index is 0.373. The third-order valence-corrected chi connectivity index (χ3v) is 5.41. The Bertz CT molecular complexity index is 885. The van der Waals surface area contributed by atoms with E-state index in [0.29, 0.717) is 16.1 Å². The van der Waals surface area contributed by atoms with Crippen LogP contribution in [0.15, 0.2) is 36.4 Å². The molecule has 2 aromatic carbocycles. The van der Waals surface area contributed by atoms with E-state index in [4.69, 9.17) is 34.8 Å². The van der Waals surface area contributed by atoms with Crippen molar-refractivity contribution >= 4 is 51.4 Å². The van der Waals surface area contributed by atoms with Crippen molar-refractivity contribution in [2.24, 2.45) is 0 Å². The number of nitrogens with one attached hydrogen (secondary N) is 2. The summed E-state index contributed by atoms with van der Waals surface area (Å²) in [6, 6.07) is 12.1. The Morgan fingerprint density at radius 1 is 1.00 bits per heavy atom. The minimum absolute atomic E-state index is 0.373. The van der Waals surface area contributed by atoms with E-state index in [1.54, 1.807) is 0 Å². The Morgan fingerprint density at radius 3 is 2.70 bits per heavy atom. The van der Waals surface area contributed by atoms with Crippen LogP contribution in [0.2, 0.25) is 15.1 Å². The van der Waals surface area contributed by atoms with Crippen molar-refractivity contribution in [2.45, 2.75) is 25.3 Å². The molecule has 1 unspecified atom stereocenters. The Hall–Kier alpha value is -1.35. The molecule has 1 heterocycles. The molecule has 0 saturated heterocycles. The highest BCUT2D eigenvalue weighted by Crippen LogP contribution is 2.32. The zero-order valence-electron chi connectivity index (χ0n) is 12.3. The van der Waals surface area contributed by atoms with Crippen LogP contribution >= 0.6 is 34.8 Å². The van der Waals surface area contributed by atoms with Crippen LogP contribution in [0.1, 0.15) is 17.7 Å². The van der Waals surface area contributed by atoms with Gasteiger partial charge >= 0.3 is 0 Å². The van der Waals surface area contributed by atoms with Gasteiger partial charge in [0.05, 0.1) is 10.0 Å². The van der Waals surface area contributed by atoms with E-state index in [2.05, 4.69) is 16.4 Å². The van der Waals surface area contributed by atoms with Crippen molar-refractivity contribution in [1.29, 1.82) is 0 Å². The first-order chi connectivity index (χ1) is 11.1. The van der Waals surface area contributed by atoms with E-state index in [-0.39, 0.29) is 0 Å². The second kappa shape index (κ2) is 5.94. The van der Waals surface area contributed by atoms with Gasteiger partial charge in [-0.25, -0.2) is 0 Å². The SMILES string of the molecule is Clc1ccc2[nH]c3c(c2c1)CC(Nc1ccc(Cl)c(Cl)c1)CC3. The molecule has 0 amide bonds. The standard InChI is InChI=1S/C18H15Cl3N2/c19-10-1-5-17-13(7-10)14-8-11(3-6-18(14)23-17)22-12-2-4-15(20)16(21)9-12/h1-2,4-5,7,9,11,22-23H,3,6,8H2. The Balaban J connectivity index is 1.61. The minimum Gasteiger partial charge on any atom is -0.382 e. The topological polar surface area (TPSA) is 27.8 Å². The van der Waals surface area contributed by atoms with E-state index >= 15 is 0 Å².